The molecule has 4 rings (SSSR count). The Labute approximate surface area is 182 Å². The second-order valence-corrected chi connectivity index (χ2v) is 8.45. The maximum atomic E-state index is 13.3. The van der Waals surface area contributed by atoms with Crippen LogP contribution in [0.1, 0.15) is 60.4 Å². The van der Waals surface area contributed by atoms with Crippen molar-refractivity contribution < 1.29 is 19.4 Å². The summed E-state index contributed by atoms with van der Waals surface area (Å²) < 4.78 is 5.54. The van der Waals surface area contributed by atoms with Gasteiger partial charge in [-0.2, -0.15) is 0 Å². The number of hydrogen-bond acceptors (Lipinski definition) is 5. The Morgan fingerprint density at radius 1 is 1.16 bits per heavy atom. The van der Waals surface area contributed by atoms with E-state index in [1.807, 2.05) is 26.0 Å². The van der Waals surface area contributed by atoms with E-state index < -0.39 is 17.7 Å². The summed E-state index contributed by atoms with van der Waals surface area (Å²) in [5.41, 5.74) is 3.03. The first-order valence-corrected chi connectivity index (χ1v) is 10.8. The zero-order valence-electron chi connectivity index (χ0n) is 18.2. The van der Waals surface area contributed by atoms with Crippen LogP contribution in [-0.4, -0.2) is 39.8 Å². The minimum absolute atomic E-state index is 0.0261. The highest BCUT2D eigenvalue weighted by Gasteiger charge is 2.49. The summed E-state index contributed by atoms with van der Waals surface area (Å²) in [6.45, 7) is 3.81. The van der Waals surface area contributed by atoms with Gasteiger partial charge in [0, 0.05) is 18.4 Å². The van der Waals surface area contributed by atoms with Gasteiger partial charge in [-0.3, -0.25) is 14.6 Å². The molecule has 0 radical (unpaired) electrons. The van der Waals surface area contributed by atoms with Crippen LogP contribution in [0.3, 0.4) is 0 Å². The number of pyridine rings is 1. The minimum atomic E-state index is -0.665. The molecule has 2 heterocycles. The quantitative estimate of drug-likeness (QED) is 0.449. The van der Waals surface area contributed by atoms with Crippen molar-refractivity contribution in [3.05, 3.63) is 64.5 Å². The van der Waals surface area contributed by atoms with Crippen LogP contribution in [0.4, 0.5) is 0 Å². The zero-order chi connectivity index (χ0) is 22.1. The molecule has 162 valence electrons. The molecule has 2 fully saturated rings. The monoisotopic (exact) mass is 420 g/mol. The Morgan fingerprint density at radius 2 is 1.90 bits per heavy atom. The van der Waals surface area contributed by atoms with Crippen LogP contribution in [-0.2, 0) is 9.59 Å². The van der Waals surface area contributed by atoms with Gasteiger partial charge in [0.1, 0.15) is 11.5 Å². The first-order chi connectivity index (χ1) is 14.9. The van der Waals surface area contributed by atoms with Crippen molar-refractivity contribution in [1.82, 2.24) is 9.88 Å². The number of aromatic nitrogens is 1. The molecule has 2 aromatic rings. The molecule has 1 saturated carbocycles. The molecular formula is C25H28N2O4. The second-order valence-electron chi connectivity index (χ2n) is 8.45. The van der Waals surface area contributed by atoms with Crippen LogP contribution in [0.2, 0.25) is 0 Å². The molecule has 6 heteroatoms. The fourth-order valence-corrected chi connectivity index (χ4v) is 5.00. The first kappa shape index (κ1) is 21.1. The Bertz CT molecular complexity index is 1040. The lowest BCUT2D eigenvalue weighted by Gasteiger charge is -2.35. The fraction of sp³-hybridized carbons (Fsp3) is 0.400. The van der Waals surface area contributed by atoms with Crippen LogP contribution < -0.4 is 4.74 Å². The summed E-state index contributed by atoms with van der Waals surface area (Å²) in [5, 5.41) is 11.4. The number of aliphatic hydroxyl groups is 1. The molecule has 0 spiro atoms. The van der Waals surface area contributed by atoms with Gasteiger partial charge in [0.15, 0.2) is 0 Å². The molecule has 6 nitrogen and oxygen atoms in total. The molecule has 1 atom stereocenters. The van der Waals surface area contributed by atoms with Gasteiger partial charge < -0.3 is 14.7 Å². The van der Waals surface area contributed by atoms with Crippen LogP contribution in [0, 0.1) is 13.8 Å². The van der Waals surface area contributed by atoms with E-state index in [-0.39, 0.29) is 17.4 Å². The Morgan fingerprint density at radius 3 is 2.55 bits per heavy atom. The molecule has 1 unspecified atom stereocenters. The lowest BCUT2D eigenvalue weighted by atomic mass is 9.91. The molecule has 31 heavy (non-hydrogen) atoms. The number of methoxy groups -OCH3 is 1. The van der Waals surface area contributed by atoms with E-state index in [1.54, 1.807) is 29.4 Å². The number of carbonyl (C=O) groups is 2. The molecule has 2 aliphatic rings. The highest BCUT2D eigenvalue weighted by Crippen LogP contribution is 2.44. The number of rotatable bonds is 4. The van der Waals surface area contributed by atoms with Gasteiger partial charge in [-0.15, -0.1) is 0 Å². The Balaban J connectivity index is 1.93. The van der Waals surface area contributed by atoms with Gasteiger partial charge in [0.25, 0.3) is 11.7 Å². The predicted octanol–water partition coefficient (Wildman–Crippen LogP) is 4.46. The number of amides is 1. The molecule has 1 aliphatic heterocycles. The van der Waals surface area contributed by atoms with Crippen molar-refractivity contribution in [2.45, 2.75) is 58.0 Å². The third kappa shape index (κ3) is 3.71. The van der Waals surface area contributed by atoms with E-state index in [0.717, 1.165) is 48.8 Å². The van der Waals surface area contributed by atoms with E-state index in [9.17, 15) is 14.7 Å². The van der Waals surface area contributed by atoms with Crippen LogP contribution in [0.25, 0.3) is 5.76 Å². The van der Waals surface area contributed by atoms with Gasteiger partial charge in [-0.05, 0) is 55.5 Å². The molecule has 1 amide bonds. The van der Waals surface area contributed by atoms with Crippen molar-refractivity contribution in [2.24, 2.45) is 0 Å². The molecule has 1 saturated heterocycles. The summed E-state index contributed by atoms with van der Waals surface area (Å²) in [6, 6.07) is 6.69. The number of ketones is 1. The number of carbonyl (C=O) groups excluding carboxylic acids is 2. The largest absolute Gasteiger partial charge is 0.507 e. The first-order valence-electron chi connectivity index (χ1n) is 10.8. The van der Waals surface area contributed by atoms with Crippen LogP contribution in [0.15, 0.2) is 42.2 Å². The van der Waals surface area contributed by atoms with Gasteiger partial charge >= 0.3 is 0 Å². The highest BCUT2D eigenvalue weighted by molar-refractivity contribution is 6.46. The number of benzene rings is 1. The SMILES string of the molecule is COc1c(C)cc(C)cc1/C(O)=C1\C(=O)C(=O)N(C2CCCCC2)C1c1cccnc1. The third-order valence-corrected chi connectivity index (χ3v) is 6.33. The van der Waals surface area contributed by atoms with Crippen molar-refractivity contribution >= 4 is 17.4 Å². The highest BCUT2D eigenvalue weighted by atomic mass is 16.5. The number of ether oxygens (including phenoxy) is 1. The third-order valence-electron chi connectivity index (χ3n) is 6.33. The Hall–Kier alpha value is -3.15. The summed E-state index contributed by atoms with van der Waals surface area (Å²) in [5.74, 6) is -0.908. The van der Waals surface area contributed by atoms with E-state index >= 15 is 0 Å². The molecule has 1 aliphatic carbocycles. The number of Topliss-reactive ketones (excluding diaryl/α,β-unsaturated/α-hetero) is 1. The second kappa shape index (κ2) is 8.53. The van der Waals surface area contributed by atoms with Crippen molar-refractivity contribution in [3.8, 4) is 5.75 Å². The zero-order valence-corrected chi connectivity index (χ0v) is 18.2. The standard InChI is InChI=1S/C25H28N2O4/c1-15-12-16(2)24(31-3)19(13-15)22(28)20-21(17-8-7-11-26-14-17)27(25(30)23(20)29)18-9-5-4-6-10-18/h7-8,11-14,18,21,28H,4-6,9-10H2,1-3H3/b22-20+. The average Bonchev–Trinajstić information content (AvgIpc) is 3.04. The van der Waals surface area contributed by atoms with Crippen LogP contribution in [0.5, 0.6) is 5.75 Å². The van der Waals surface area contributed by atoms with Crippen molar-refractivity contribution in [3.63, 3.8) is 0 Å². The van der Waals surface area contributed by atoms with Crippen molar-refractivity contribution in [1.29, 1.82) is 0 Å². The maximum Gasteiger partial charge on any atom is 0.295 e. The minimum Gasteiger partial charge on any atom is -0.507 e. The van der Waals surface area contributed by atoms with Crippen molar-refractivity contribution in [2.75, 3.05) is 7.11 Å². The number of likely N-dealkylation sites (tertiary alicyclic amines) is 1. The van der Waals surface area contributed by atoms with E-state index in [1.165, 1.54) is 7.11 Å². The Kier molecular flexibility index (Phi) is 5.81. The number of hydrogen-bond donors (Lipinski definition) is 1. The lowest BCUT2D eigenvalue weighted by molar-refractivity contribution is -0.141. The van der Waals surface area contributed by atoms with Gasteiger partial charge in [-0.1, -0.05) is 31.4 Å². The van der Waals surface area contributed by atoms with E-state index in [4.69, 9.17) is 4.74 Å². The summed E-state index contributed by atoms with van der Waals surface area (Å²) in [6.07, 6.45) is 8.23. The summed E-state index contributed by atoms with van der Waals surface area (Å²) in [7, 11) is 1.54. The topological polar surface area (TPSA) is 79.7 Å². The van der Waals surface area contributed by atoms with Gasteiger partial charge in [0.2, 0.25) is 0 Å². The van der Waals surface area contributed by atoms with Gasteiger partial charge in [0.05, 0.1) is 24.3 Å². The smallest absolute Gasteiger partial charge is 0.295 e. The number of aliphatic hydroxyl groups excluding tert-OH is 1. The van der Waals surface area contributed by atoms with E-state index in [2.05, 4.69) is 4.98 Å². The normalized spacial score (nSPS) is 21.5. The predicted molar refractivity (Wildman–Crippen MR) is 118 cm³/mol. The molecule has 1 N–H and O–H groups in total. The maximum absolute atomic E-state index is 13.3. The summed E-state index contributed by atoms with van der Waals surface area (Å²) >= 11 is 0. The molecule has 1 aromatic carbocycles. The molecular weight excluding hydrogens is 392 g/mol. The number of nitrogens with zero attached hydrogens (tertiary/aromatic N) is 2. The van der Waals surface area contributed by atoms with Gasteiger partial charge in [-0.25, -0.2) is 0 Å². The lowest BCUT2D eigenvalue weighted by Crippen LogP contribution is -2.40. The van der Waals surface area contributed by atoms with Crippen LogP contribution >= 0.6 is 0 Å². The molecule has 1 aromatic heterocycles. The summed E-state index contributed by atoms with van der Waals surface area (Å²) in [4.78, 5) is 32.3. The fourth-order valence-electron chi connectivity index (χ4n) is 5.00. The molecule has 0 bridgehead atoms. The van der Waals surface area contributed by atoms with E-state index in [0.29, 0.717) is 11.3 Å². The average molecular weight is 421 g/mol. The number of aryl methyl sites for hydroxylation is 2.